The summed E-state index contributed by atoms with van der Waals surface area (Å²) in [5.74, 6) is -0.226. The van der Waals surface area contributed by atoms with Crippen LogP contribution in [-0.4, -0.2) is 10.9 Å². The maximum absolute atomic E-state index is 12.0. The molecule has 0 aliphatic carbocycles. The number of amides is 1. The fraction of sp³-hybridized carbons (Fsp3) is 0.0588. The molecule has 0 saturated carbocycles. The molecule has 5 heteroatoms. The number of fused-ring (bicyclic) bond motifs is 1. The maximum atomic E-state index is 12.0. The minimum absolute atomic E-state index is 0.0588. The lowest BCUT2D eigenvalue weighted by molar-refractivity contribution is -0.111. The number of benzene rings is 1. The van der Waals surface area contributed by atoms with E-state index in [1.54, 1.807) is 41.7 Å². The Morgan fingerprint density at radius 3 is 2.91 bits per heavy atom. The van der Waals surface area contributed by atoms with Crippen LogP contribution in [-0.2, 0) is 4.79 Å². The average molecular weight is 310 g/mol. The van der Waals surface area contributed by atoms with Crippen LogP contribution < -0.4 is 10.7 Å². The Balaban J connectivity index is 1.82. The van der Waals surface area contributed by atoms with Gasteiger partial charge in [-0.1, -0.05) is 6.07 Å². The average Bonchev–Trinajstić information content (AvgIpc) is 2.99. The summed E-state index contributed by atoms with van der Waals surface area (Å²) in [6.07, 6.45) is 3.24. The lowest BCUT2D eigenvalue weighted by atomic mass is 10.1. The Morgan fingerprint density at radius 1 is 1.27 bits per heavy atom. The summed E-state index contributed by atoms with van der Waals surface area (Å²) in [5.41, 5.74) is 2.12. The second-order valence-electron chi connectivity index (χ2n) is 4.91. The topological polar surface area (TPSA) is 62.0 Å². The highest BCUT2D eigenvalue weighted by Gasteiger charge is 2.03. The van der Waals surface area contributed by atoms with E-state index in [1.807, 2.05) is 24.4 Å². The lowest BCUT2D eigenvalue weighted by Gasteiger charge is -2.05. The molecule has 0 bridgehead atoms. The zero-order chi connectivity index (χ0) is 15.5. The summed E-state index contributed by atoms with van der Waals surface area (Å²) in [7, 11) is 0. The van der Waals surface area contributed by atoms with Crippen molar-refractivity contribution in [1.82, 2.24) is 4.98 Å². The van der Waals surface area contributed by atoms with Gasteiger partial charge in [0.25, 0.3) is 0 Å². The molecule has 22 heavy (non-hydrogen) atoms. The number of rotatable bonds is 3. The third kappa shape index (κ3) is 3.15. The molecule has 0 aliphatic heterocycles. The van der Waals surface area contributed by atoms with Gasteiger partial charge in [-0.25, -0.2) is 0 Å². The van der Waals surface area contributed by atoms with E-state index in [-0.39, 0.29) is 11.3 Å². The van der Waals surface area contributed by atoms with Crippen molar-refractivity contribution in [3.05, 3.63) is 68.6 Å². The molecule has 0 spiro atoms. The van der Waals surface area contributed by atoms with Gasteiger partial charge in [-0.05, 0) is 42.6 Å². The van der Waals surface area contributed by atoms with Gasteiger partial charge >= 0.3 is 0 Å². The summed E-state index contributed by atoms with van der Waals surface area (Å²) < 4.78 is 0. The van der Waals surface area contributed by atoms with Crippen LogP contribution in [0.2, 0.25) is 0 Å². The molecule has 0 unspecified atom stereocenters. The second kappa shape index (κ2) is 5.99. The fourth-order valence-corrected chi connectivity index (χ4v) is 2.80. The molecule has 0 radical (unpaired) electrons. The smallest absolute Gasteiger partial charge is 0.248 e. The summed E-state index contributed by atoms with van der Waals surface area (Å²) in [5, 5.41) is 5.28. The summed E-state index contributed by atoms with van der Waals surface area (Å²) >= 11 is 1.56. The molecule has 0 fully saturated rings. The first-order chi connectivity index (χ1) is 10.6. The van der Waals surface area contributed by atoms with E-state index < -0.39 is 0 Å². The van der Waals surface area contributed by atoms with Gasteiger partial charge in [0, 0.05) is 39.3 Å². The van der Waals surface area contributed by atoms with E-state index in [0.717, 1.165) is 16.1 Å². The van der Waals surface area contributed by atoms with Crippen LogP contribution in [0.15, 0.2) is 52.6 Å². The molecular formula is C17H14N2O2S. The van der Waals surface area contributed by atoms with Gasteiger partial charge in [0.05, 0.1) is 0 Å². The highest BCUT2D eigenvalue weighted by atomic mass is 32.1. The first-order valence-corrected chi connectivity index (χ1v) is 7.66. The standard InChI is InChI=1S/C17H14N2O2S/c1-11-9-16(20)14-10-12(4-6-15(14)18-11)19-17(21)7-5-13-3-2-8-22-13/h2-10H,1H3,(H,18,20)(H,19,21)/b7-5+. The van der Waals surface area contributed by atoms with Crippen LogP contribution in [0, 0.1) is 6.92 Å². The van der Waals surface area contributed by atoms with Crippen molar-refractivity contribution < 1.29 is 4.79 Å². The SMILES string of the molecule is Cc1cc(=O)c2cc(NC(=O)/C=C/c3cccs3)ccc2[nH]1. The molecule has 0 saturated heterocycles. The minimum Gasteiger partial charge on any atom is -0.358 e. The number of hydrogen-bond acceptors (Lipinski definition) is 3. The van der Waals surface area contributed by atoms with Crippen LogP contribution in [0.5, 0.6) is 0 Å². The number of H-pyrrole nitrogens is 1. The quantitative estimate of drug-likeness (QED) is 0.727. The number of nitrogens with one attached hydrogen (secondary N) is 2. The van der Waals surface area contributed by atoms with Crippen LogP contribution >= 0.6 is 11.3 Å². The zero-order valence-corrected chi connectivity index (χ0v) is 12.7. The lowest BCUT2D eigenvalue weighted by Crippen LogP contribution is -2.09. The molecule has 1 amide bonds. The number of thiophene rings is 1. The van der Waals surface area contributed by atoms with E-state index in [9.17, 15) is 9.59 Å². The Hall–Kier alpha value is -2.66. The van der Waals surface area contributed by atoms with Crippen molar-refractivity contribution in [3.63, 3.8) is 0 Å². The summed E-state index contributed by atoms with van der Waals surface area (Å²) in [4.78, 5) is 28.0. The normalized spacial score (nSPS) is 11.1. The number of aryl methyl sites for hydroxylation is 1. The van der Waals surface area contributed by atoms with Gasteiger partial charge in [0.15, 0.2) is 5.43 Å². The number of carbonyl (C=O) groups excluding carboxylic acids is 1. The third-order valence-corrected chi connectivity index (χ3v) is 4.01. The Morgan fingerprint density at radius 2 is 2.14 bits per heavy atom. The van der Waals surface area contributed by atoms with E-state index in [1.165, 1.54) is 6.08 Å². The number of hydrogen-bond donors (Lipinski definition) is 2. The molecule has 3 aromatic rings. The van der Waals surface area contributed by atoms with Gasteiger partial charge in [-0.3, -0.25) is 9.59 Å². The second-order valence-corrected chi connectivity index (χ2v) is 5.89. The van der Waals surface area contributed by atoms with Crippen molar-refractivity contribution in [2.45, 2.75) is 6.92 Å². The molecule has 2 heterocycles. The summed E-state index contributed by atoms with van der Waals surface area (Å²) in [6, 6.07) is 10.7. The molecule has 4 nitrogen and oxygen atoms in total. The molecule has 0 aliphatic rings. The van der Waals surface area contributed by atoms with Crippen molar-refractivity contribution in [2.75, 3.05) is 5.32 Å². The van der Waals surface area contributed by atoms with Gasteiger partial charge in [-0.15, -0.1) is 11.3 Å². The molecule has 2 N–H and O–H groups in total. The highest BCUT2D eigenvalue weighted by molar-refractivity contribution is 7.10. The van der Waals surface area contributed by atoms with Crippen molar-refractivity contribution in [1.29, 1.82) is 0 Å². The fourth-order valence-electron chi connectivity index (χ4n) is 2.19. The first-order valence-electron chi connectivity index (χ1n) is 6.78. The molecule has 2 aromatic heterocycles. The van der Waals surface area contributed by atoms with Crippen molar-refractivity contribution in [3.8, 4) is 0 Å². The highest BCUT2D eigenvalue weighted by Crippen LogP contribution is 2.16. The van der Waals surface area contributed by atoms with E-state index >= 15 is 0 Å². The molecule has 0 atom stereocenters. The van der Waals surface area contributed by atoms with E-state index in [0.29, 0.717) is 11.1 Å². The number of aromatic nitrogens is 1. The molecule has 3 rings (SSSR count). The number of aromatic amines is 1. The Bertz CT molecular complexity index is 908. The predicted molar refractivity (Wildman–Crippen MR) is 91.3 cm³/mol. The largest absolute Gasteiger partial charge is 0.358 e. The van der Waals surface area contributed by atoms with Gasteiger partial charge in [0.1, 0.15) is 0 Å². The Kier molecular flexibility index (Phi) is 3.89. The molecular weight excluding hydrogens is 296 g/mol. The molecule has 1 aromatic carbocycles. The number of carbonyl (C=O) groups is 1. The van der Waals surface area contributed by atoms with E-state index in [2.05, 4.69) is 10.3 Å². The monoisotopic (exact) mass is 310 g/mol. The number of anilines is 1. The van der Waals surface area contributed by atoms with Gasteiger partial charge < -0.3 is 10.3 Å². The van der Waals surface area contributed by atoms with Crippen molar-refractivity contribution in [2.24, 2.45) is 0 Å². The minimum atomic E-state index is -0.226. The third-order valence-electron chi connectivity index (χ3n) is 3.17. The van der Waals surface area contributed by atoms with Crippen LogP contribution in [0.25, 0.3) is 17.0 Å². The van der Waals surface area contributed by atoms with Crippen LogP contribution in [0.3, 0.4) is 0 Å². The number of pyridine rings is 1. The summed E-state index contributed by atoms with van der Waals surface area (Å²) in [6.45, 7) is 1.84. The van der Waals surface area contributed by atoms with Crippen LogP contribution in [0.1, 0.15) is 10.6 Å². The van der Waals surface area contributed by atoms with Gasteiger partial charge in [-0.2, -0.15) is 0 Å². The van der Waals surface area contributed by atoms with E-state index in [4.69, 9.17) is 0 Å². The Labute approximate surface area is 131 Å². The van der Waals surface area contributed by atoms with Crippen LogP contribution in [0.4, 0.5) is 5.69 Å². The van der Waals surface area contributed by atoms with Gasteiger partial charge in [0.2, 0.25) is 5.91 Å². The maximum Gasteiger partial charge on any atom is 0.248 e. The zero-order valence-electron chi connectivity index (χ0n) is 11.9. The van der Waals surface area contributed by atoms with Crippen molar-refractivity contribution >= 4 is 39.9 Å². The predicted octanol–water partition coefficient (Wildman–Crippen LogP) is 3.55. The first kappa shape index (κ1) is 14.3. The molecule has 110 valence electrons.